The molecule has 6 nitrogen and oxygen atoms in total. The van der Waals surface area contributed by atoms with Crippen LogP contribution < -0.4 is 10.6 Å². The molecule has 0 bridgehead atoms. The van der Waals surface area contributed by atoms with Gasteiger partial charge >= 0.3 is 0 Å². The van der Waals surface area contributed by atoms with E-state index in [9.17, 15) is 4.39 Å². The number of nitrogens with one attached hydrogen (secondary N) is 3. The zero-order valence-electron chi connectivity index (χ0n) is 15.6. The standard InChI is InChI=1S/C19H22ClFN6/c1-11(12-5-7-13(21)8-6-12)23-18-22-10-14(20)17(25-18)24-16-9-15(26-27-16)19(2,3)4/h5-11H,1-4H3,(H3,22,23,24,25,26,27)/t11-/m0/s1. The lowest BCUT2D eigenvalue weighted by Gasteiger charge is -2.15. The SMILES string of the molecule is C[C@H](Nc1ncc(Cl)c(Nc2cc(C(C)(C)C)[nH]n2)n1)c1ccc(F)cc1. The highest BCUT2D eigenvalue weighted by molar-refractivity contribution is 6.32. The minimum atomic E-state index is -0.270. The van der Waals surface area contributed by atoms with Crippen LogP contribution in [0.3, 0.4) is 0 Å². The smallest absolute Gasteiger partial charge is 0.225 e. The summed E-state index contributed by atoms with van der Waals surface area (Å²) in [5.41, 5.74) is 1.88. The maximum absolute atomic E-state index is 13.1. The number of H-pyrrole nitrogens is 1. The van der Waals surface area contributed by atoms with Crippen LogP contribution in [0.1, 0.15) is 45.0 Å². The molecule has 3 aromatic rings. The number of benzene rings is 1. The Morgan fingerprint density at radius 3 is 2.52 bits per heavy atom. The van der Waals surface area contributed by atoms with Crippen LogP contribution in [0.2, 0.25) is 5.02 Å². The van der Waals surface area contributed by atoms with E-state index in [1.54, 1.807) is 12.1 Å². The Bertz CT molecular complexity index is 917. The van der Waals surface area contributed by atoms with Gasteiger partial charge in [0, 0.05) is 17.2 Å². The van der Waals surface area contributed by atoms with Crippen LogP contribution in [0.5, 0.6) is 0 Å². The van der Waals surface area contributed by atoms with Crippen LogP contribution in [-0.2, 0) is 5.41 Å². The third kappa shape index (κ3) is 4.74. The van der Waals surface area contributed by atoms with Crippen LogP contribution in [0.25, 0.3) is 0 Å². The highest BCUT2D eigenvalue weighted by Gasteiger charge is 2.17. The number of aromatic amines is 1. The van der Waals surface area contributed by atoms with Gasteiger partial charge in [0.1, 0.15) is 10.8 Å². The maximum Gasteiger partial charge on any atom is 0.225 e. The van der Waals surface area contributed by atoms with Crippen molar-refractivity contribution in [1.82, 2.24) is 20.2 Å². The predicted molar refractivity (Wildman–Crippen MR) is 106 cm³/mol. The van der Waals surface area contributed by atoms with E-state index in [4.69, 9.17) is 11.6 Å². The number of nitrogens with zero attached hydrogens (tertiary/aromatic N) is 3. The summed E-state index contributed by atoms with van der Waals surface area (Å²) in [7, 11) is 0. The van der Waals surface area contributed by atoms with Gasteiger partial charge in [-0.05, 0) is 24.6 Å². The fraction of sp³-hybridized carbons (Fsp3) is 0.316. The molecule has 142 valence electrons. The minimum Gasteiger partial charge on any atom is -0.348 e. The van der Waals surface area contributed by atoms with Gasteiger partial charge in [0.25, 0.3) is 0 Å². The van der Waals surface area contributed by atoms with E-state index in [1.807, 2.05) is 13.0 Å². The second-order valence-corrected chi connectivity index (χ2v) is 7.76. The molecule has 1 atom stereocenters. The first-order valence-corrected chi connectivity index (χ1v) is 8.97. The van der Waals surface area contributed by atoms with Gasteiger partial charge in [0.2, 0.25) is 5.95 Å². The van der Waals surface area contributed by atoms with Crippen LogP contribution in [0, 0.1) is 5.82 Å². The highest BCUT2D eigenvalue weighted by Crippen LogP contribution is 2.27. The van der Waals surface area contributed by atoms with Gasteiger partial charge < -0.3 is 10.6 Å². The third-order valence-corrected chi connectivity index (χ3v) is 4.37. The lowest BCUT2D eigenvalue weighted by Crippen LogP contribution is -2.11. The molecule has 0 fully saturated rings. The van der Waals surface area contributed by atoms with Gasteiger partial charge in [-0.3, -0.25) is 5.10 Å². The zero-order chi connectivity index (χ0) is 19.6. The van der Waals surface area contributed by atoms with Crippen molar-refractivity contribution in [3.05, 3.63) is 58.6 Å². The van der Waals surface area contributed by atoms with Gasteiger partial charge in [-0.2, -0.15) is 10.1 Å². The minimum absolute atomic E-state index is 0.0420. The van der Waals surface area contributed by atoms with E-state index in [-0.39, 0.29) is 17.3 Å². The Balaban J connectivity index is 1.76. The molecule has 3 rings (SSSR count). The molecule has 0 amide bonds. The van der Waals surface area contributed by atoms with Crippen LogP contribution in [-0.4, -0.2) is 20.2 Å². The summed E-state index contributed by atoms with van der Waals surface area (Å²) in [6.07, 6.45) is 1.52. The van der Waals surface area contributed by atoms with Crippen molar-refractivity contribution in [2.24, 2.45) is 0 Å². The van der Waals surface area contributed by atoms with E-state index < -0.39 is 0 Å². The Kier molecular flexibility index (Phi) is 5.32. The van der Waals surface area contributed by atoms with Crippen LogP contribution in [0.4, 0.5) is 22.0 Å². The lowest BCUT2D eigenvalue weighted by atomic mass is 9.92. The first-order valence-electron chi connectivity index (χ1n) is 8.60. The number of hydrogen-bond acceptors (Lipinski definition) is 5. The number of halogens is 2. The Labute approximate surface area is 162 Å². The summed E-state index contributed by atoms with van der Waals surface area (Å²) in [6.45, 7) is 8.24. The molecule has 0 saturated heterocycles. The molecule has 0 saturated carbocycles. The zero-order valence-corrected chi connectivity index (χ0v) is 16.4. The summed E-state index contributed by atoms with van der Waals surface area (Å²) >= 11 is 6.22. The molecule has 2 aromatic heterocycles. The van der Waals surface area contributed by atoms with Crippen LogP contribution >= 0.6 is 11.6 Å². The second kappa shape index (κ2) is 7.52. The van der Waals surface area contributed by atoms with E-state index in [2.05, 4.69) is 51.6 Å². The van der Waals surface area contributed by atoms with Gasteiger partial charge in [-0.15, -0.1) is 0 Å². The number of rotatable bonds is 5. The molecule has 8 heteroatoms. The normalized spacial score (nSPS) is 12.7. The second-order valence-electron chi connectivity index (χ2n) is 7.35. The summed E-state index contributed by atoms with van der Waals surface area (Å²) in [5, 5.41) is 14.0. The largest absolute Gasteiger partial charge is 0.348 e. The molecule has 1 aromatic carbocycles. The average Bonchev–Trinajstić information content (AvgIpc) is 3.07. The van der Waals surface area contributed by atoms with E-state index in [0.717, 1.165) is 11.3 Å². The van der Waals surface area contributed by atoms with Gasteiger partial charge in [0.15, 0.2) is 11.6 Å². The highest BCUT2D eigenvalue weighted by atomic mass is 35.5. The molecule has 0 spiro atoms. The first kappa shape index (κ1) is 19.1. The van der Waals surface area contributed by atoms with E-state index >= 15 is 0 Å². The number of hydrogen-bond donors (Lipinski definition) is 3. The monoisotopic (exact) mass is 388 g/mol. The molecule has 0 unspecified atom stereocenters. The van der Waals surface area contributed by atoms with E-state index in [0.29, 0.717) is 22.6 Å². The Morgan fingerprint density at radius 2 is 1.89 bits per heavy atom. The topological polar surface area (TPSA) is 78.5 Å². The quantitative estimate of drug-likeness (QED) is 0.559. The molecule has 0 aliphatic rings. The fourth-order valence-electron chi connectivity index (χ4n) is 2.44. The van der Waals surface area contributed by atoms with E-state index in [1.165, 1.54) is 18.3 Å². The molecule has 0 aliphatic carbocycles. The van der Waals surface area contributed by atoms with Crippen molar-refractivity contribution in [2.45, 2.75) is 39.2 Å². The molecule has 0 aliphatic heterocycles. The number of aromatic nitrogens is 4. The van der Waals surface area contributed by atoms with Gasteiger partial charge in [-0.25, -0.2) is 9.37 Å². The van der Waals surface area contributed by atoms with Crippen molar-refractivity contribution < 1.29 is 4.39 Å². The van der Waals surface area contributed by atoms with Crippen molar-refractivity contribution in [2.75, 3.05) is 10.6 Å². The van der Waals surface area contributed by atoms with Crippen molar-refractivity contribution >= 4 is 29.2 Å². The van der Waals surface area contributed by atoms with Crippen molar-refractivity contribution in [1.29, 1.82) is 0 Å². The summed E-state index contributed by atoms with van der Waals surface area (Å²) in [6, 6.07) is 8.12. The molecule has 0 radical (unpaired) electrons. The summed E-state index contributed by atoms with van der Waals surface area (Å²) < 4.78 is 13.1. The summed E-state index contributed by atoms with van der Waals surface area (Å²) in [4.78, 5) is 8.64. The van der Waals surface area contributed by atoms with Gasteiger partial charge in [-0.1, -0.05) is 44.5 Å². The molecule has 3 N–H and O–H groups in total. The molecule has 2 heterocycles. The average molecular weight is 389 g/mol. The number of anilines is 3. The van der Waals surface area contributed by atoms with Crippen molar-refractivity contribution in [3.63, 3.8) is 0 Å². The van der Waals surface area contributed by atoms with Crippen LogP contribution in [0.15, 0.2) is 36.5 Å². The third-order valence-electron chi connectivity index (χ3n) is 4.09. The Hall–Kier alpha value is -2.67. The maximum atomic E-state index is 13.1. The predicted octanol–water partition coefficient (Wildman–Crippen LogP) is 5.21. The fourth-order valence-corrected chi connectivity index (χ4v) is 2.58. The summed E-state index contributed by atoms with van der Waals surface area (Å²) in [5.74, 6) is 1.21. The lowest BCUT2D eigenvalue weighted by molar-refractivity contribution is 0.567. The van der Waals surface area contributed by atoms with Crippen molar-refractivity contribution in [3.8, 4) is 0 Å². The molecular weight excluding hydrogens is 367 g/mol. The van der Waals surface area contributed by atoms with Gasteiger partial charge in [0.05, 0.1) is 12.2 Å². The Morgan fingerprint density at radius 1 is 1.19 bits per heavy atom. The molecular formula is C19H22ClFN6. The molecule has 27 heavy (non-hydrogen) atoms. The first-order chi connectivity index (χ1) is 12.7.